The van der Waals surface area contributed by atoms with Crippen LogP contribution >= 0.6 is 0 Å². The third-order valence-corrected chi connectivity index (χ3v) is 3.30. The predicted molar refractivity (Wildman–Crippen MR) is 92.0 cm³/mol. The van der Waals surface area contributed by atoms with Crippen LogP contribution < -0.4 is 0 Å². The molecule has 0 spiro atoms. The topological polar surface area (TPSA) is 176 Å². The maximum Gasteiger partial charge on any atom is 0.317 e. The largest absolute Gasteiger partial charge is 0.480 e. The third kappa shape index (κ3) is 14.4. The fraction of sp³-hybridized carbons (Fsp3) is 0.643. The Morgan fingerprint density at radius 2 is 0.778 bits per heavy atom. The zero-order valence-electron chi connectivity index (χ0n) is 14.7. The second-order valence-electron chi connectivity index (χ2n) is 5.81. The van der Waals surface area contributed by atoms with Crippen LogP contribution in [0.3, 0.4) is 0 Å². The van der Waals surface area contributed by atoms with Gasteiger partial charge in [-0.1, -0.05) is 0 Å². The van der Waals surface area contributed by atoms with E-state index in [9.17, 15) is 24.0 Å². The van der Waals surface area contributed by atoms with Gasteiger partial charge in [-0.05, 0) is 0 Å². The first-order valence-corrected chi connectivity index (χ1v) is 7.88. The molecule has 0 aliphatic heterocycles. The minimum absolute atomic E-state index is 0.0148. The van der Waals surface area contributed by atoms with Crippen LogP contribution in [-0.4, -0.2) is 131 Å². The highest BCUT2D eigenvalue weighted by Crippen LogP contribution is 1.97. The average molecular weight is 388 g/mol. The van der Waals surface area contributed by atoms with E-state index in [2.05, 4.69) is 7.85 Å². The van der Waals surface area contributed by atoms with Crippen molar-refractivity contribution in [2.24, 2.45) is 0 Å². The molecule has 0 aromatic carbocycles. The van der Waals surface area contributed by atoms with Gasteiger partial charge in [0, 0.05) is 32.7 Å². The molecule has 0 saturated carbocycles. The van der Waals surface area contributed by atoms with Gasteiger partial charge in [-0.25, -0.2) is 0 Å². The lowest BCUT2D eigenvalue weighted by Crippen LogP contribution is -2.45. The molecule has 0 aliphatic carbocycles. The Hall–Kier alpha value is -2.51. The summed E-state index contributed by atoms with van der Waals surface area (Å²) >= 11 is 0. The number of hydrogen-bond acceptors (Lipinski definition) is 8. The van der Waals surface area contributed by atoms with Gasteiger partial charge in [0.25, 0.3) is 0 Å². The van der Waals surface area contributed by atoms with Gasteiger partial charge < -0.3 is 25.2 Å². The molecule has 0 aromatic rings. The van der Waals surface area contributed by atoms with Crippen molar-refractivity contribution in [3.63, 3.8) is 0 Å². The van der Waals surface area contributed by atoms with Crippen molar-refractivity contribution in [3.8, 4) is 0 Å². The van der Waals surface area contributed by atoms with Gasteiger partial charge in [0.2, 0.25) is 0 Å². The van der Waals surface area contributed by atoms with E-state index in [1.807, 2.05) is 0 Å². The van der Waals surface area contributed by atoms with Crippen molar-refractivity contribution in [2.45, 2.75) is 0 Å². The first-order chi connectivity index (χ1) is 12.5. The van der Waals surface area contributed by atoms with Gasteiger partial charge >= 0.3 is 23.9 Å². The molecule has 0 aromatic heterocycles. The van der Waals surface area contributed by atoms with Crippen LogP contribution in [-0.2, 0) is 24.0 Å². The summed E-state index contributed by atoms with van der Waals surface area (Å²) in [7, 11) is 3.18. The van der Waals surface area contributed by atoms with Crippen molar-refractivity contribution in [2.75, 3.05) is 58.9 Å². The quantitative estimate of drug-likeness (QED) is 0.194. The standard InChI is InChI=1S/C14H23BN3O9/c15-10(19)5-17(7-12(22)23)3-1-16(6-11(20)21)2-4-18(8-13(24)25)9-14(26)27/h15H,1-9H2,(H,20,21)(H,22,23)(H,24,25)(H,26,27). The van der Waals surface area contributed by atoms with Crippen LogP contribution in [0.2, 0.25) is 0 Å². The Bertz CT molecular complexity index is 486. The molecule has 0 atom stereocenters. The zero-order valence-corrected chi connectivity index (χ0v) is 14.7. The zero-order chi connectivity index (χ0) is 21.0. The van der Waals surface area contributed by atoms with Gasteiger partial charge in [0.1, 0.15) is 0 Å². The molecule has 0 amide bonds. The van der Waals surface area contributed by atoms with E-state index in [1.54, 1.807) is 0 Å². The van der Waals surface area contributed by atoms with E-state index < -0.39 is 55.7 Å². The lowest BCUT2D eigenvalue weighted by molar-refractivity contribution is -0.143. The van der Waals surface area contributed by atoms with E-state index in [-0.39, 0.29) is 32.7 Å². The van der Waals surface area contributed by atoms with E-state index in [4.69, 9.17) is 20.4 Å². The highest BCUT2D eigenvalue weighted by molar-refractivity contribution is 6.58. The summed E-state index contributed by atoms with van der Waals surface area (Å²) in [5, 5.41) is 35.5. The molecule has 0 saturated heterocycles. The molecule has 12 nitrogen and oxygen atoms in total. The van der Waals surface area contributed by atoms with Crippen LogP contribution in [0, 0.1) is 0 Å². The summed E-state index contributed by atoms with van der Waals surface area (Å²) in [5.74, 6) is -4.75. The van der Waals surface area contributed by atoms with E-state index in [0.29, 0.717) is 0 Å². The monoisotopic (exact) mass is 388 g/mol. The average Bonchev–Trinajstić information content (AvgIpc) is 2.46. The molecule has 0 heterocycles. The molecule has 4 N–H and O–H groups in total. The van der Waals surface area contributed by atoms with Crippen molar-refractivity contribution in [3.05, 3.63) is 0 Å². The van der Waals surface area contributed by atoms with Gasteiger partial charge in [-0.2, -0.15) is 0 Å². The Balaban J connectivity index is 4.85. The lowest BCUT2D eigenvalue weighted by atomic mass is 10.0. The molecule has 0 rings (SSSR count). The molecular weight excluding hydrogens is 365 g/mol. The minimum atomic E-state index is -1.22. The van der Waals surface area contributed by atoms with Crippen molar-refractivity contribution < 1.29 is 44.4 Å². The van der Waals surface area contributed by atoms with Crippen molar-refractivity contribution in [1.82, 2.24) is 14.7 Å². The highest BCUT2D eigenvalue weighted by atomic mass is 16.4. The maximum absolute atomic E-state index is 11.1. The van der Waals surface area contributed by atoms with Gasteiger partial charge in [-0.3, -0.25) is 33.9 Å². The number of hydrogen-bond donors (Lipinski definition) is 4. The Morgan fingerprint density at radius 3 is 1.07 bits per heavy atom. The Morgan fingerprint density at radius 1 is 0.519 bits per heavy atom. The van der Waals surface area contributed by atoms with Crippen molar-refractivity contribution >= 4 is 37.4 Å². The first kappa shape index (κ1) is 24.5. The number of carbonyl (C=O) groups excluding carboxylic acids is 1. The molecule has 0 fully saturated rings. The van der Waals surface area contributed by atoms with Gasteiger partial charge in [0.05, 0.1) is 31.9 Å². The molecular formula is C14H23BN3O9. The smallest absolute Gasteiger partial charge is 0.317 e. The predicted octanol–water partition coefficient (Wildman–Crippen LogP) is -3.34. The second kappa shape index (κ2) is 12.8. The second-order valence-corrected chi connectivity index (χ2v) is 5.81. The number of rotatable bonds is 16. The van der Waals surface area contributed by atoms with E-state index in [1.165, 1.54) is 9.80 Å². The van der Waals surface area contributed by atoms with Crippen LogP contribution in [0.5, 0.6) is 0 Å². The molecule has 0 bridgehead atoms. The maximum atomic E-state index is 11.1. The SMILES string of the molecule is [BH]C(=O)CN(CCN(CCN(CC(=O)O)CC(=O)O)CC(=O)O)CC(=O)O. The molecule has 0 aliphatic rings. The summed E-state index contributed by atoms with van der Waals surface area (Å²) in [5.41, 5.74) is -0.491. The summed E-state index contributed by atoms with van der Waals surface area (Å²) in [6, 6.07) is 0. The number of nitrogens with zero attached hydrogens (tertiary/aromatic N) is 3. The number of carboxylic acid groups (broad SMARTS) is 4. The van der Waals surface area contributed by atoms with E-state index in [0.717, 1.165) is 4.90 Å². The molecule has 13 heteroatoms. The van der Waals surface area contributed by atoms with Crippen LogP contribution in [0.4, 0.5) is 0 Å². The summed E-state index contributed by atoms with van der Waals surface area (Å²) in [6.45, 7) is -1.90. The molecule has 1 radical (unpaired) electrons. The van der Waals surface area contributed by atoms with Gasteiger partial charge in [0.15, 0.2) is 7.85 Å². The normalized spacial score (nSPS) is 11.1. The number of aliphatic carboxylic acids is 4. The molecule has 0 unspecified atom stereocenters. The molecule has 27 heavy (non-hydrogen) atoms. The third-order valence-electron chi connectivity index (χ3n) is 3.30. The fourth-order valence-corrected chi connectivity index (χ4v) is 2.28. The van der Waals surface area contributed by atoms with E-state index >= 15 is 0 Å². The summed E-state index contributed by atoms with van der Waals surface area (Å²) in [6.07, 6.45) is 0. The van der Waals surface area contributed by atoms with Crippen LogP contribution in [0.25, 0.3) is 0 Å². The summed E-state index contributed by atoms with van der Waals surface area (Å²) < 4.78 is 0. The highest BCUT2D eigenvalue weighted by Gasteiger charge is 2.18. The number of carboxylic acids is 4. The van der Waals surface area contributed by atoms with Crippen LogP contribution in [0.1, 0.15) is 0 Å². The Labute approximate surface area is 156 Å². The minimum Gasteiger partial charge on any atom is -0.480 e. The van der Waals surface area contributed by atoms with Gasteiger partial charge in [-0.15, -0.1) is 0 Å². The lowest BCUT2D eigenvalue weighted by Gasteiger charge is -2.27. The van der Waals surface area contributed by atoms with Crippen molar-refractivity contribution in [1.29, 1.82) is 0 Å². The first-order valence-electron chi connectivity index (χ1n) is 7.88. The fourth-order valence-electron chi connectivity index (χ4n) is 2.28. The van der Waals surface area contributed by atoms with Crippen LogP contribution in [0.15, 0.2) is 0 Å². The molecule has 151 valence electrons. The number of carbonyl (C=O) groups is 5. The Kier molecular flexibility index (Phi) is 11.6. The summed E-state index contributed by atoms with van der Waals surface area (Å²) in [4.78, 5) is 58.3.